The third-order valence-corrected chi connectivity index (χ3v) is 5.14. The summed E-state index contributed by atoms with van der Waals surface area (Å²) in [5.74, 6) is 0.930. The van der Waals surface area contributed by atoms with Crippen molar-refractivity contribution in [2.24, 2.45) is 5.73 Å². The maximum absolute atomic E-state index is 13.4. The zero-order valence-corrected chi connectivity index (χ0v) is 12.5. The number of hydrogen-bond acceptors (Lipinski definition) is 3. The summed E-state index contributed by atoms with van der Waals surface area (Å²) in [4.78, 5) is 2.40. The molecule has 0 radical (unpaired) electrons. The van der Waals surface area contributed by atoms with Crippen molar-refractivity contribution in [1.29, 1.82) is 0 Å². The van der Waals surface area contributed by atoms with Crippen LogP contribution in [0.5, 0.6) is 0 Å². The first kappa shape index (κ1) is 14.8. The van der Waals surface area contributed by atoms with Crippen LogP contribution in [0.3, 0.4) is 0 Å². The van der Waals surface area contributed by atoms with Crippen molar-refractivity contribution >= 4 is 11.8 Å². The van der Waals surface area contributed by atoms with Gasteiger partial charge < -0.3 is 5.73 Å². The molecule has 4 heteroatoms. The Balaban J connectivity index is 2.13. The van der Waals surface area contributed by atoms with Crippen LogP contribution in [0.1, 0.15) is 31.9 Å². The molecular weight excluding hydrogens is 259 g/mol. The molecule has 0 spiro atoms. The molecule has 0 aromatic heterocycles. The largest absolute Gasteiger partial charge is 0.329 e. The Hall–Kier alpha value is -0.580. The molecule has 1 heterocycles. The fourth-order valence-corrected chi connectivity index (χ4v) is 3.67. The van der Waals surface area contributed by atoms with Crippen molar-refractivity contribution in [3.05, 3.63) is 35.6 Å². The topological polar surface area (TPSA) is 29.3 Å². The number of halogens is 1. The first-order chi connectivity index (χ1) is 9.02. The van der Waals surface area contributed by atoms with E-state index in [-0.39, 0.29) is 11.9 Å². The lowest BCUT2D eigenvalue weighted by molar-refractivity contribution is 0.210. The highest BCUT2D eigenvalue weighted by Gasteiger charge is 2.27. The van der Waals surface area contributed by atoms with Crippen LogP contribution in [0.2, 0.25) is 0 Å². The second-order valence-corrected chi connectivity index (χ2v) is 7.50. The van der Waals surface area contributed by atoms with Gasteiger partial charge in [-0.3, -0.25) is 4.90 Å². The van der Waals surface area contributed by atoms with Crippen LogP contribution in [0.25, 0.3) is 0 Å². The lowest BCUT2D eigenvalue weighted by Gasteiger charge is -2.30. The van der Waals surface area contributed by atoms with Gasteiger partial charge in [0.05, 0.1) is 0 Å². The molecule has 106 valence electrons. The summed E-state index contributed by atoms with van der Waals surface area (Å²) in [6.45, 7) is 7.17. The third kappa shape index (κ3) is 3.94. The number of benzene rings is 1. The zero-order valence-electron chi connectivity index (χ0n) is 11.7. The number of thioether (sulfide) groups is 1. The van der Waals surface area contributed by atoms with Gasteiger partial charge in [0.15, 0.2) is 0 Å². The summed E-state index contributed by atoms with van der Waals surface area (Å²) in [7, 11) is 0. The number of rotatable bonds is 3. The molecule has 19 heavy (non-hydrogen) atoms. The Morgan fingerprint density at radius 2 is 2.21 bits per heavy atom. The van der Waals surface area contributed by atoms with Crippen molar-refractivity contribution in [2.75, 3.05) is 25.4 Å². The third-order valence-electron chi connectivity index (χ3n) is 3.77. The van der Waals surface area contributed by atoms with Gasteiger partial charge in [-0.25, -0.2) is 4.39 Å². The highest BCUT2D eigenvalue weighted by Crippen LogP contribution is 2.33. The molecule has 1 unspecified atom stereocenters. The molecule has 1 aromatic carbocycles. The van der Waals surface area contributed by atoms with E-state index in [1.54, 1.807) is 12.1 Å². The average Bonchev–Trinajstić information content (AvgIpc) is 2.52. The number of nitrogens with two attached hydrogens (primary N) is 1. The van der Waals surface area contributed by atoms with E-state index >= 15 is 0 Å². The Kier molecular flexibility index (Phi) is 4.87. The molecule has 1 aromatic rings. The van der Waals surface area contributed by atoms with Crippen molar-refractivity contribution in [3.8, 4) is 0 Å². The van der Waals surface area contributed by atoms with E-state index in [4.69, 9.17) is 5.73 Å². The molecule has 1 fully saturated rings. The van der Waals surface area contributed by atoms with Gasteiger partial charge in [-0.15, -0.1) is 0 Å². The smallest absolute Gasteiger partial charge is 0.123 e. The molecule has 2 rings (SSSR count). The van der Waals surface area contributed by atoms with Crippen molar-refractivity contribution < 1.29 is 4.39 Å². The normalized spacial score (nSPS) is 21.9. The summed E-state index contributed by atoms with van der Waals surface area (Å²) in [5.41, 5.74) is 6.93. The lowest BCUT2D eigenvalue weighted by atomic mass is 10.0. The highest BCUT2D eigenvalue weighted by atomic mass is 32.2. The van der Waals surface area contributed by atoms with Crippen molar-refractivity contribution in [2.45, 2.75) is 31.1 Å². The fraction of sp³-hybridized carbons (Fsp3) is 0.600. The van der Waals surface area contributed by atoms with Gasteiger partial charge in [0.1, 0.15) is 5.82 Å². The summed E-state index contributed by atoms with van der Waals surface area (Å²) in [5, 5.41) is 0. The van der Waals surface area contributed by atoms with Gasteiger partial charge in [0, 0.05) is 36.2 Å². The Bertz CT molecular complexity index is 422. The van der Waals surface area contributed by atoms with E-state index < -0.39 is 0 Å². The minimum absolute atomic E-state index is 0.130. The molecule has 2 N–H and O–H groups in total. The highest BCUT2D eigenvalue weighted by molar-refractivity contribution is 8.00. The van der Waals surface area contributed by atoms with Gasteiger partial charge in [-0.2, -0.15) is 11.8 Å². The van der Waals surface area contributed by atoms with Crippen LogP contribution in [0.15, 0.2) is 24.3 Å². The summed E-state index contributed by atoms with van der Waals surface area (Å²) in [6, 6.07) is 6.97. The van der Waals surface area contributed by atoms with Crippen LogP contribution in [-0.4, -0.2) is 35.0 Å². The molecule has 1 aliphatic rings. The maximum atomic E-state index is 13.4. The second kappa shape index (κ2) is 6.25. The lowest BCUT2D eigenvalue weighted by Crippen LogP contribution is -2.36. The van der Waals surface area contributed by atoms with Crippen LogP contribution >= 0.6 is 11.8 Å². The van der Waals surface area contributed by atoms with Gasteiger partial charge in [-0.1, -0.05) is 26.0 Å². The summed E-state index contributed by atoms with van der Waals surface area (Å²) >= 11 is 2.01. The van der Waals surface area contributed by atoms with E-state index in [9.17, 15) is 4.39 Å². The minimum Gasteiger partial charge on any atom is -0.329 e. The summed E-state index contributed by atoms with van der Waals surface area (Å²) in [6.07, 6.45) is 1.14. The monoisotopic (exact) mass is 282 g/mol. The van der Waals surface area contributed by atoms with Crippen LogP contribution in [0, 0.1) is 5.82 Å². The quantitative estimate of drug-likeness (QED) is 0.924. The molecule has 2 nitrogen and oxygen atoms in total. The van der Waals surface area contributed by atoms with E-state index in [1.165, 1.54) is 6.07 Å². The molecule has 1 atom stereocenters. The standard InChI is InChI=1S/C15H23FN2S/c1-15(2)6-7-18(8-9-19-15)14(11-17)12-4-3-5-13(16)10-12/h3-5,10,14H,6-9,11,17H2,1-2H3. The van der Waals surface area contributed by atoms with Crippen LogP contribution < -0.4 is 5.73 Å². The predicted molar refractivity (Wildman–Crippen MR) is 80.9 cm³/mol. The van der Waals surface area contributed by atoms with Gasteiger partial charge in [-0.05, 0) is 24.1 Å². The van der Waals surface area contributed by atoms with Gasteiger partial charge >= 0.3 is 0 Å². The van der Waals surface area contributed by atoms with E-state index in [0.717, 1.165) is 30.8 Å². The van der Waals surface area contributed by atoms with Crippen LogP contribution in [-0.2, 0) is 0 Å². The van der Waals surface area contributed by atoms with E-state index in [2.05, 4.69) is 18.7 Å². The minimum atomic E-state index is -0.180. The second-order valence-electron chi connectivity index (χ2n) is 5.70. The number of hydrogen-bond donors (Lipinski definition) is 1. The predicted octanol–water partition coefficient (Wildman–Crippen LogP) is 3.04. The SMILES string of the molecule is CC1(C)CCN(C(CN)c2cccc(F)c2)CCS1. The Labute approximate surface area is 119 Å². The van der Waals surface area contributed by atoms with Gasteiger partial charge in [0.25, 0.3) is 0 Å². The molecule has 1 aliphatic heterocycles. The maximum Gasteiger partial charge on any atom is 0.123 e. The average molecular weight is 282 g/mol. The molecule has 0 amide bonds. The first-order valence-corrected chi connectivity index (χ1v) is 7.84. The van der Waals surface area contributed by atoms with Crippen LogP contribution in [0.4, 0.5) is 4.39 Å². The van der Waals surface area contributed by atoms with Crippen molar-refractivity contribution in [3.63, 3.8) is 0 Å². The molecule has 0 saturated carbocycles. The Morgan fingerprint density at radius 3 is 2.89 bits per heavy atom. The molecule has 0 bridgehead atoms. The fourth-order valence-electron chi connectivity index (χ4n) is 2.56. The van der Waals surface area contributed by atoms with E-state index in [1.807, 2.05) is 17.8 Å². The zero-order chi connectivity index (χ0) is 13.9. The van der Waals surface area contributed by atoms with E-state index in [0.29, 0.717) is 11.3 Å². The van der Waals surface area contributed by atoms with Crippen molar-refractivity contribution in [1.82, 2.24) is 4.90 Å². The molecule has 1 saturated heterocycles. The molecule has 0 aliphatic carbocycles. The first-order valence-electron chi connectivity index (χ1n) is 6.85. The Morgan fingerprint density at radius 1 is 1.42 bits per heavy atom. The molecular formula is C15H23FN2S. The van der Waals surface area contributed by atoms with Gasteiger partial charge in [0.2, 0.25) is 0 Å². The number of nitrogens with zero attached hydrogens (tertiary/aromatic N) is 1. The summed E-state index contributed by atoms with van der Waals surface area (Å²) < 4.78 is 13.7.